The maximum Gasteiger partial charge on any atom is 0.240 e. The Morgan fingerprint density at radius 2 is 1.74 bits per heavy atom. The molecule has 0 aromatic heterocycles. The minimum atomic E-state index is -3.58. The van der Waals surface area contributed by atoms with Crippen LogP contribution in [0.1, 0.15) is 19.8 Å². The van der Waals surface area contributed by atoms with Crippen LogP contribution in [0.4, 0.5) is 4.39 Å². The number of carbonyl (C=O) groups excluding carboxylic acids is 1. The van der Waals surface area contributed by atoms with Gasteiger partial charge >= 0.3 is 0 Å². The summed E-state index contributed by atoms with van der Waals surface area (Å²) in [4.78, 5) is 10.6. The Hall–Kier alpha value is -1.47. The lowest BCUT2D eigenvalue weighted by molar-refractivity contribution is -0.118. The molecule has 1 aromatic rings. The predicted molar refractivity (Wildman–Crippen MR) is 69.5 cm³/mol. The van der Waals surface area contributed by atoms with Gasteiger partial charge in [0.05, 0.1) is 4.90 Å². The molecule has 2 N–H and O–H groups in total. The molecule has 0 bridgehead atoms. The smallest absolute Gasteiger partial charge is 0.240 e. The third-order valence-corrected chi connectivity index (χ3v) is 3.87. The molecule has 106 valence electrons. The van der Waals surface area contributed by atoms with Crippen LogP contribution in [0.15, 0.2) is 29.2 Å². The van der Waals surface area contributed by atoms with Crippen molar-refractivity contribution >= 4 is 15.9 Å². The van der Waals surface area contributed by atoms with E-state index in [2.05, 4.69) is 10.0 Å². The molecule has 0 radical (unpaired) electrons. The molecular weight excluding hydrogens is 271 g/mol. The van der Waals surface area contributed by atoms with Gasteiger partial charge in [-0.2, -0.15) is 0 Å². The van der Waals surface area contributed by atoms with Gasteiger partial charge in [-0.25, -0.2) is 17.5 Å². The number of carbonyl (C=O) groups is 1. The molecule has 0 saturated carbocycles. The van der Waals surface area contributed by atoms with Gasteiger partial charge in [0.2, 0.25) is 15.9 Å². The average Bonchev–Trinajstić information content (AvgIpc) is 2.34. The van der Waals surface area contributed by atoms with E-state index >= 15 is 0 Å². The predicted octanol–water partition coefficient (Wildman–Crippen LogP) is 1.02. The van der Waals surface area contributed by atoms with Crippen molar-refractivity contribution in [2.24, 2.45) is 0 Å². The Morgan fingerprint density at radius 3 is 2.32 bits per heavy atom. The van der Waals surface area contributed by atoms with Gasteiger partial charge in [-0.3, -0.25) is 4.79 Å². The first-order valence-corrected chi connectivity index (χ1v) is 7.40. The Morgan fingerprint density at radius 1 is 1.16 bits per heavy atom. The summed E-state index contributed by atoms with van der Waals surface area (Å²) in [6.45, 7) is 2.23. The number of hydrogen-bond donors (Lipinski definition) is 2. The fraction of sp³-hybridized carbons (Fsp3) is 0.417. The summed E-state index contributed by atoms with van der Waals surface area (Å²) in [6.07, 6.45) is 1.30. The van der Waals surface area contributed by atoms with Crippen molar-refractivity contribution in [3.63, 3.8) is 0 Å². The van der Waals surface area contributed by atoms with Crippen molar-refractivity contribution in [1.82, 2.24) is 10.0 Å². The first kappa shape index (κ1) is 15.6. The molecule has 1 amide bonds. The van der Waals surface area contributed by atoms with E-state index in [-0.39, 0.29) is 17.3 Å². The van der Waals surface area contributed by atoms with Gasteiger partial charge < -0.3 is 5.32 Å². The normalized spacial score (nSPS) is 11.3. The van der Waals surface area contributed by atoms with Crippen molar-refractivity contribution in [3.05, 3.63) is 30.1 Å². The van der Waals surface area contributed by atoms with Gasteiger partial charge in [-0.1, -0.05) is 0 Å². The summed E-state index contributed by atoms with van der Waals surface area (Å²) >= 11 is 0. The van der Waals surface area contributed by atoms with Gasteiger partial charge in [0.1, 0.15) is 5.82 Å². The highest BCUT2D eigenvalue weighted by molar-refractivity contribution is 7.89. The second-order valence-corrected chi connectivity index (χ2v) is 5.81. The minimum Gasteiger partial charge on any atom is -0.356 e. The topological polar surface area (TPSA) is 75.3 Å². The van der Waals surface area contributed by atoms with Crippen LogP contribution in [-0.2, 0) is 14.8 Å². The number of benzene rings is 1. The fourth-order valence-corrected chi connectivity index (χ4v) is 2.49. The quantitative estimate of drug-likeness (QED) is 0.736. The lowest BCUT2D eigenvalue weighted by Crippen LogP contribution is -2.26. The Labute approximate surface area is 112 Å². The van der Waals surface area contributed by atoms with E-state index in [1.165, 1.54) is 19.1 Å². The van der Waals surface area contributed by atoms with Crippen molar-refractivity contribution in [1.29, 1.82) is 0 Å². The summed E-state index contributed by atoms with van der Waals surface area (Å²) in [5, 5.41) is 2.62. The van der Waals surface area contributed by atoms with Crippen LogP contribution < -0.4 is 10.0 Å². The van der Waals surface area contributed by atoms with E-state index in [0.717, 1.165) is 12.1 Å². The molecule has 19 heavy (non-hydrogen) atoms. The van der Waals surface area contributed by atoms with Crippen molar-refractivity contribution in [2.45, 2.75) is 24.7 Å². The average molecular weight is 288 g/mol. The van der Waals surface area contributed by atoms with E-state index in [0.29, 0.717) is 19.4 Å². The molecule has 0 saturated heterocycles. The molecular formula is C12H17FN2O3S. The van der Waals surface area contributed by atoms with Crippen LogP contribution in [0.25, 0.3) is 0 Å². The number of rotatable bonds is 7. The Kier molecular flexibility index (Phi) is 5.91. The highest BCUT2D eigenvalue weighted by Crippen LogP contribution is 2.09. The minimum absolute atomic E-state index is 0.0377. The molecule has 0 aliphatic heterocycles. The van der Waals surface area contributed by atoms with Gasteiger partial charge in [0, 0.05) is 20.0 Å². The molecule has 0 spiro atoms. The number of hydrogen-bond acceptors (Lipinski definition) is 3. The first-order chi connectivity index (χ1) is 8.92. The SMILES string of the molecule is CC(=O)NCCCCNS(=O)(=O)c1ccc(F)cc1. The lowest BCUT2D eigenvalue weighted by atomic mass is 10.3. The van der Waals surface area contributed by atoms with Gasteiger partial charge in [-0.05, 0) is 37.1 Å². The van der Waals surface area contributed by atoms with Crippen molar-refractivity contribution < 1.29 is 17.6 Å². The second-order valence-electron chi connectivity index (χ2n) is 4.04. The van der Waals surface area contributed by atoms with E-state index in [1.54, 1.807) is 0 Å². The van der Waals surface area contributed by atoms with Crippen molar-refractivity contribution in [3.8, 4) is 0 Å². The highest BCUT2D eigenvalue weighted by atomic mass is 32.2. The fourth-order valence-electron chi connectivity index (χ4n) is 1.42. The molecule has 0 aliphatic carbocycles. The third kappa shape index (κ3) is 5.80. The van der Waals surface area contributed by atoms with Crippen LogP contribution in [0.3, 0.4) is 0 Å². The molecule has 0 heterocycles. The van der Waals surface area contributed by atoms with Crippen LogP contribution in [0.2, 0.25) is 0 Å². The Balaban J connectivity index is 2.35. The van der Waals surface area contributed by atoms with E-state index in [4.69, 9.17) is 0 Å². The van der Waals surface area contributed by atoms with E-state index in [9.17, 15) is 17.6 Å². The second kappa shape index (κ2) is 7.20. The van der Waals surface area contributed by atoms with Crippen LogP contribution in [0, 0.1) is 5.82 Å². The van der Waals surface area contributed by atoms with E-state index in [1.807, 2.05) is 0 Å². The van der Waals surface area contributed by atoms with Gasteiger partial charge in [0.15, 0.2) is 0 Å². The van der Waals surface area contributed by atoms with Crippen LogP contribution in [-0.4, -0.2) is 27.4 Å². The number of amides is 1. The molecule has 7 heteroatoms. The lowest BCUT2D eigenvalue weighted by Gasteiger charge is -2.07. The van der Waals surface area contributed by atoms with Gasteiger partial charge in [-0.15, -0.1) is 0 Å². The first-order valence-electron chi connectivity index (χ1n) is 5.91. The summed E-state index contributed by atoms with van der Waals surface area (Å²) in [5.74, 6) is -0.582. The number of unbranched alkanes of at least 4 members (excludes halogenated alkanes) is 1. The summed E-state index contributed by atoms with van der Waals surface area (Å²) in [6, 6.07) is 4.64. The number of sulfonamides is 1. The summed E-state index contributed by atoms with van der Waals surface area (Å²) in [5.41, 5.74) is 0. The zero-order chi connectivity index (χ0) is 14.3. The summed E-state index contributed by atoms with van der Waals surface area (Å²) in [7, 11) is -3.58. The molecule has 1 aromatic carbocycles. The molecule has 5 nitrogen and oxygen atoms in total. The van der Waals surface area contributed by atoms with Crippen molar-refractivity contribution in [2.75, 3.05) is 13.1 Å². The maximum atomic E-state index is 12.7. The van der Waals surface area contributed by atoms with E-state index < -0.39 is 15.8 Å². The molecule has 0 fully saturated rings. The Bertz CT molecular complexity index is 514. The number of nitrogens with one attached hydrogen (secondary N) is 2. The largest absolute Gasteiger partial charge is 0.356 e. The van der Waals surface area contributed by atoms with Crippen LogP contribution >= 0.6 is 0 Å². The standard InChI is InChI=1S/C12H17FN2O3S/c1-10(16)14-8-2-3-9-15-19(17,18)12-6-4-11(13)5-7-12/h4-7,15H,2-3,8-9H2,1H3,(H,14,16). The van der Waals surface area contributed by atoms with Gasteiger partial charge in [0.25, 0.3) is 0 Å². The highest BCUT2D eigenvalue weighted by Gasteiger charge is 2.12. The third-order valence-electron chi connectivity index (χ3n) is 2.39. The molecule has 0 unspecified atom stereocenters. The molecule has 0 aliphatic rings. The monoisotopic (exact) mass is 288 g/mol. The number of halogens is 1. The van der Waals surface area contributed by atoms with Crippen LogP contribution in [0.5, 0.6) is 0 Å². The zero-order valence-corrected chi connectivity index (χ0v) is 11.5. The molecule has 1 rings (SSSR count). The molecule has 0 atom stereocenters. The zero-order valence-electron chi connectivity index (χ0n) is 10.6. The summed E-state index contributed by atoms with van der Waals surface area (Å²) < 4.78 is 38.7. The maximum absolute atomic E-state index is 12.7.